The number of nitrogens with zero attached hydrogens (tertiary/aromatic N) is 3. The number of anilines is 1. The van der Waals surface area contributed by atoms with Crippen LogP contribution >= 0.6 is 0 Å². The molecule has 0 aromatic heterocycles. The van der Waals surface area contributed by atoms with Crippen molar-refractivity contribution in [3.05, 3.63) is 29.3 Å². The van der Waals surface area contributed by atoms with Crippen LogP contribution in [0.25, 0.3) is 0 Å². The summed E-state index contributed by atoms with van der Waals surface area (Å²) in [7, 11) is 3.11. The van der Waals surface area contributed by atoms with Crippen LogP contribution in [0, 0.1) is 29.1 Å². The molecule has 2 atom stereocenters. The second-order valence-electron chi connectivity index (χ2n) is 8.59. The Morgan fingerprint density at radius 3 is 2.52 bits per heavy atom. The predicted molar refractivity (Wildman–Crippen MR) is 115 cm³/mol. The van der Waals surface area contributed by atoms with Gasteiger partial charge in [-0.3, -0.25) is 9.59 Å². The van der Waals surface area contributed by atoms with Crippen LogP contribution in [0.3, 0.4) is 0 Å². The maximum absolute atomic E-state index is 13.4. The normalized spacial score (nSPS) is 21.7. The number of rotatable bonds is 6. The lowest BCUT2D eigenvalue weighted by Gasteiger charge is -2.36. The summed E-state index contributed by atoms with van der Waals surface area (Å²) < 4.78 is 45.3. The highest BCUT2D eigenvalue weighted by atomic mass is 19.4. The van der Waals surface area contributed by atoms with E-state index >= 15 is 0 Å². The number of piperidine rings is 1. The average molecular weight is 467 g/mol. The van der Waals surface area contributed by atoms with Crippen LogP contribution in [-0.4, -0.2) is 63.7 Å². The van der Waals surface area contributed by atoms with E-state index in [1.54, 1.807) is 25.1 Å². The van der Waals surface area contributed by atoms with E-state index in [1.807, 2.05) is 4.90 Å². The standard InChI is InChI=1S/C23H29F3N4O3/c1-28-22(32)19-14-30(17-4-3-16(12-27)20(11-17)23(24,25)26)13-18(19)15-5-8-29(9-6-15)21(31)7-10-33-2/h3-4,11,15,18-19H,5-10,13-14H2,1-2H3,(H,28,32)/t18-,19+/m0/s1. The molecule has 1 N–H and O–H groups in total. The number of carbonyl (C=O) groups is 2. The topological polar surface area (TPSA) is 85.7 Å². The molecule has 1 aromatic rings. The first-order chi connectivity index (χ1) is 15.7. The van der Waals surface area contributed by atoms with Crippen LogP contribution in [0.2, 0.25) is 0 Å². The fourth-order valence-corrected chi connectivity index (χ4v) is 4.97. The van der Waals surface area contributed by atoms with Crippen molar-refractivity contribution in [3.63, 3.8) is 0 Å². The van der Waals surface area contributed by atoms with Gasteiger partial charge in [0.25, 0.3) is 0 Å². The molecule has 3 rings (SSSR count). The van der Waals surface area contributed by atoms with Gasteiger partial charge in [-0.25, -0.2) is 0 Å². The molecule has 2 aliphatic heterocycles. The van der Waals surface area contributed by atoms with Crippen LogP contribution in [-0.2, 0) is 20.5 Å². The van der Waals surface area contributed by atoms with Crippen LogP contribution in [0.15, 0.2) is 18.2 Å². The highest BCUT2D eigenvalue weighted by molar-refractivity contribution is 5.80. The molecule has 0 spiro atoms. The first kappa shape index (κ1) is 24.8. The van der Waals surface area contributed by atoms with Gasteiger partial charge in [0.05, 0.1) is 36.1 Å². The van der Waals surface area contributed by atoms with Gasteiger partial charge in [-0.1, -0.05) is 0 Å². The summed E-state index contributed by atoms with van der Waals surface area (Å²) in [5, 5.41) is 11.7. The second kappa shape index (κ2) is 10.4. The van der Waals surface area contributed by atoms with E-state index in [2.05, 4.69) is 5.32 Å². The van der Waals surface area contributed by atoms with Gasteiger partial charge in [0.1, 0.15) is 0 Å². The van der Waals surface area contributed by atoms with E-state index in [1.165, 1.54) is 12.1 Å². The summed E-state index contributed by atoms with van der Waals surface area (Å²) in [4.78, 5) is 28.5. The minimum Gasteiger partial charge on any atom is -0.384 e. The first-order valence-corrected chi connectivity index (χ1v) is 11.0. The number of amides is 2. The summed E-state index contributed by atoms with van der Waals surface area (Å²) in [6, 6.07) is 5.29. The lowest BCUT2D eigenvalue weighted by Crippen LogP contribution is -2.43. The zero-order valence-corrected chi connectivity index (χ0v) is 18.8. The molecule has 7 nitrogen and oxygen atoms in total. The summed E-state index contributed by atoms with van der Waals surface area (Å²) >= 11 is 0. The van der Waals surface area contributed by atoms with Crippen molar-refractivity contribution in [2.24, 2.45) is 17.8 Å². The number of methoxy groups -OCH3 is 1. The van der Waals surface area contributed by atoms with Crippen molar-refractivity contribution >= 4 is 17.5 Å². The van der Waals surface area contributed by atoms with Gasteiger partial charge in [-0.05, 0) is 42.9 Å². The molecule has 1 aromatic carbocycles. The Bertz CT molecular complexity index is 907. The zero-order valence-electron chi connectivity index (χ0n) is 18.8. The number of alkyl halides is 3. The minimum absolute atomic E-state index is 0.0360. The maximum atomic E-state index is 13.4. The fourth-order valence-electron chi connectivity index (χ4n) is 4.97. The van der Waals surface area contributed by atoms with E-state index in [9.17, 15) is 22.8 Å². The van der Waals surface area contributed by atoms with E-state index in [0.717, 1.165) is 18.9 Å². The molecule has 2 amide bonds. The van der Waals surface area contributed by atoms with E-state index in [0.29, 0.717) is 44.9 Å². The van der Waals surface area contributed by atoms with Crippen LogP contribution < -0.4 is 10.2 Å². The molecule has 0 aliphatic carbocycles. The monoisotopic (exact) mass is 466 g/mol. The van der Waals surface area contributed by atoms with Crippen molar-refractivity contribution in [2.45, 2.75) is 25.4 Å². The molecule has 0 saturated carbocycles. The molecule has 2 heterocycles. The van der Waals surface area contributed by atoms with Gasteiger partial charge in [0, 0.05) is 46.0 Å². The quantitative estimate of drug-likeness (QED) is 0.697. The summed E-state index contributed by atoms with van der Waals surface area (Å²) in [5.74, 6) is -0.301. The average Bonchev–Trinajstić information content (AvgIpc) is 3.26. The van der Waals surface area contributed by atoms with Crippen molar-refractivity contribution in [1.82, 2.24) is 10.2 Å². The van der Waals surface area contributed by atoms with Crippen molar-refractivity contribution in [2.75, 3.05) is 51.8 Å². The summed E-state index contributed by atoms with van der Waals surface area (Å²) in [6.07, 6.45) is -2.82. The highest BCUT2D eigenvalue weighted by Gasteiger charge is 2.43. The molecular weight excluding hydrogens is 437 g/mol. The maximum Gasteiger partial charge on any atom is 0.417 e. The molecular formula is C23H29F3N4O3. The number of nitrogens with one attached hydrogen (secondary N) is 1. The molecule has 2 fully saturated rings. The fraction of sp³-hybridized carbons (Fsp3) is 0.609. The van der Waals surface area contributed by atoms with Gasteiger partial charge in [0.15, 0.2) is 0 Å². The van der Waals surface area contributed by atoms with Crippen LogP contribution in [0.1, 0.15) is 30.4 Å². The molecule has 0 bridgehead atoms. The van der Waals surface area contributed by atoms with Gasteiger partial charge in [-0.15, -0.1) is 0 Å². The Hall–Kier alpha value is -2.80. The zero-order chi connectivity index (χ0) is 24.2. The second-order valence-corrected chi connectivity index (χ2v) is 8.59. The SMILES string of the molecule is CNC(=O)[C@@H]1CN(c2ccc(C#N)c(C(F)(F)F)c2)C[C@H]1C1CCN(C(=O)CCOC)CC1. The lowest BCUT2D eigenvalue weighted by molar-refractivity contribution is -0.137. The van der Waals surface area contributed by atoms with E-state index in [4.69, 9.17) is 10.00 Å². The molecule has 10 heteroatoms. The molecule has 2 saturated heterocycles. The molecule has 2 aliphatic rings. The highest BCUT2D eigenvalue weighted by Crippen LogP contribution is 2.40. The third-order valence-electron chi connectivity index (χ3n) is 6.76. The summed E-state index contributed by atoms with van der Waals surface area (Å²) in [6.45, 7) is 2.32. The summed E-state index contributed by atoms with van der Waals surface area (Å²) in [5.41, 5.74) is -1.04. The number of hydrogen-bond donors (Lipinski definition) is 1. The van der Waals surface area contributed by atoms with Crippen LogP contribution in [0.4, 0.5) is 18.9 Å². The Morgan fingerprint density at radius 2 is 1.94 bits per heavy atom. The first-order valence-electron chi connectivity index (χ1n) is 11.0. The Morgan fingerprint density at radius 1 is 1.24 bits per heavy atom. The molecule has 33 heavy (non-hydrogen) atoms. The number of halogens is 3. The minimum atomic E-state index is -4.64. The molecule has 0 unspecified atom stereocenters. The molecule has 0 radical (unpaired) electrons. The number of likely N-dealkylation sites (tertiary alicyclic amines) is 1. The van der Waals surface area contributed by atoms with E-state index < -0.39 is 17.3 Å². The van der Waals surface area contributed by atoms with Gasteiger partial charge in [-0.2, -0.15) is 18.4 Å². The Labute approximate surface area is 191 Å². The van der Waals surface area contributed by atoms with Gasteiger partial charge < -0.3 is 19.9 Å². The number of nitriles is 1. The van der Waals surface area contributed by atoms with Gasteiger partial charge >= 0.3 is 6.18 Å². The largest absolute Gasteiger partial charge is 0.417 e. The Kier molecular flexibility index (Phi) is 7.84. The van der Waals surface area contributed by atoms with Gasteiger partial charge in [0.2, 0.25) is 11.8 Å². The number of ether oxygens (including phenoxy) is 1. The number of benzene rings is 1. The van der Waals surface area contributed by atoms with Crippen molar-refractivity contribution in [3.8, 4) is 6.07 Å². The van der Waals surface area contributed by atoms with Crippen molar-refractivity contribution < 1.29 is 27.5 Å². The lowest BCUT2D eigenvalue weighted by atomic mass is 9.78. The third kappa shape index (κ3) is 5.58. The molecule has 180 valence electrons. The number of hydrogen-bond acceptors (Lipinski definition) is 5. The third-order valence-corrected chi connectivity index (χ3v) is 6.76. The van der Waals surface area contributed by atoms with Crippen LogP contribution in [0.5, 0.6) is 0 Å². The Balaban J connectivity index is 1.76. The predicted octanol–water partition coefficient (Wildman–Crippen LogP) is 2.65. The van der Waals surface area contributed by atoms with E-state index in [-0.39, 0.29) is 29.6 Å². The number of carbonyl (C=O) groups excluding carboxylic acids is 2. The van der Waals surface area contributed by atoms with Crippen molar-refractivity contribution in [1.29, 1.82) is 5.26 Å². The smallest absolute Gasteiger partial charge is 0.384 e.